The third-order valence-electron chi connectivity index (χ3n) is 7.26. The predicted molar refractivity (Wildman–Crippen MR) is 124 cm³/mol. The summed E-state index contributed by atoms with van der Waals surface area (Å²) in [5, 5.41) is 11.3. The molecule has 0 unspecified atom stereocenters. The van der Waals surface area contributed by atoms with Crippen molar-refractivity contribution >= 4 is 16.9 Å². The number of carbonyl (C=O) groups excluding carboxylic acids is 1. The molecular formula is C27H17F5N2O4. The monoisotopic (exact) mass is 528 g/mol. The van der Waals surface area contributed by atoms with E-state index in [1.807, 2.05) is 0 Å². The van der Waals surface area contributed by atoms with Crippen molar-refractivity contribution in [2.24, 2.45) is 0 Å². The normalized spacial score (nSPS) is 18.1. The van der Waals surface area contributed by atoms with Crippen LogP contribution in [0.5, 0.6) is 0 Å². The predicted octanol–water partition coefficient (Wildman–Crippen LogP) is 4.83. The van der Waals surface area contributed by atoms with Crippen LogP contribution in [0.15, 0.2) is 35.1 Å². The fourth-order valence-electron chi connectivity index (χ4n) is 5.30. The highest BCUT2D eigenvalue weighted by atomic mass is 19.2. The SMILES string of the molecule is CC[C@@]1(O)CC(=O)OCc2c1cc1n(c2=O)Cc2c-1nc1cc(F)c(F)cc1c2-c1cc(F)c(F)c(F)c1. The zero-order valence-corrected chi connectivity index (χ0v) is 19.7. The van der Waals surface area contributed by atoms with Gasteiger partial charge in [0.25, 0.3) is 5.56 Å². The first-order chi connectivity index (χ1) is 18.0. The summed E-state index contributed by atoms with van der Waals surface area (Å²) in [6.07, 6.45) is -0.304. The van der Waals surface area contributed by atoms with Crippen LogP contribution < -0.4 is 5.56 Å². The van der Waals surface area contributed by atoms with E-state index in [1.54, 1.807) is 6.92 Å². The number of carbonyl (C=O) groups is 1. The maximum absolute atomic E-state index is 14.3. The molecule has 4 heterocycles. The number of esters is 1. The van der Waals surface area contributed by atoms with Crippen LogP contribution in [0.4, 0.5) is 22.0 Å². The number of hydrogen-bond donors (Lipinski definition) is 1. The molecule has 0 bridgehead atoms. The summed E-state index contributed by atoms with van der Waals surface area (Å²) < 4.78 is 77.2. The van der Waals surface area contributed by atoms with Crippen LogP contribution >= 0.6 is 0 Å². The number of aromatic nitrogens is 2. The molecule has 38 heavy (non-hydrogen) atoms. The molecule has 2 aromatic carbocycles. The van der Waals surface area contributed by atoms with Gasteiger partial charge in [-0.05, 0) is 47.4 Å². The summed E-state index contributed by atoms with van der Waals surface area (Å²) in [5.41, 5.74) is -1.72. The number of benzene rings is 2. The molecule has 0 aliphatic carbocycles. The molecular weight excluding hydrogens is 511 g/mol. The van der Waals surface area contributed by atoms with E-state index in [4.69, 9.17) is 4.74 Å². The van der Waals surface area contributed by atoms with E-state index < -0.39 is 46.2 Å². The Balaban J connectivity index is 1.70. The van der Waals surface area contributed by atoms with E-state index in [-0.39, 0.29) is 76.1 Å². The number of nitrogens with zero attached hydrogens (tertiary/aromatic N) is 2. The number of hydrogen-bond acceptors (Lipinski definition) is 5. The van der Waals surface area contributed by atoms with Crippen molar-refractivity contribution in [3.8, 4) is 22.5 Å². The minimum atomic E-state index is -1.71. The lowest BCUT2D eigenvalue weighted by Gasteiger charge is -2.26. The van der Waals surface area contributed by atoms with Gasteiger partial charge in [0.05, 0.1) is 35.4 Å². The van der Waals surface area contributed by atoms with Crippen molar-refractivity contribution in [2.75, 3.05) is 0 Å². The van der Waals surface area contributed by atoms with E-state index in [0.717, 1.165) is 24.3 Å². The van der Waals surface area contributed by atoms with E-state index in [1.165, 1.54) is 10.6 Å². The molecule has 0 saturated carbocycles. The van der Waals surface area contributed by atoms with E-state index >= 15 is 0 Å². The van der Waals surface area contributed by atoms with Crippen molar-refractivity contribution in [3.63, 3.8) is 0 Å². The van der Waals surface area contributed by atoms with Crippen molar-refractivity contribution in [2.45, 2.75) is 38.5 Å². The number of halogens is 5. The third-order valence-corrected chi connectivity index (χ3v) is 7.26. The van der Waals surface area contributed by atoms with Gasteiger partial charge in [0.2, 0.25) is 0 Å². The molecule has 1 atom stereocenters. The van der Waals surface area contributed by atoms with Crippen molar-refractivity contribution < 1.29 is 36.6 Å². The second-order valence-corrected chi connectivity index (χ2v) is 9.39. The highest BCUT2D eigenvalue weighted by Gasteiger charge is 2.40. The van der Waals surface area contributed by atoms with Gasteiger partial charge in [-0.3, -0.25) is 9.59 Å². The van der Waals surface area contributed by atoms with Crippen LogP contribution in [-0.2, 0) is 28.3 Å². The second kappa shape index (κ2) is 8.19. The van der Waals surface area contributed by atoms with Crippen LogP contribution in [0.1, 0.15) is 36.5 Å². The molecule has 2 aliphatic heterocycles. The molecule has 6 rings (SSSR count). The zero-order chi connectivity index (χ0) is 27.1. The first kappa shape index (κ1) is 24.2. The molecule has 4 aromatic rings. The first-order valence-corrected chi connectivity index (χ1v) is 11.6. The molecule has 0 spiro atoms. The maximum Gasteiger partial charge on any atom is 0.309 e. The van der Waals surface area contributed by atoms with Crippen LogP contribution in [-0.4, -0.2) is 20.6 Å². The molecule has 2 aromatic heterocycles. The van der Waals surface area contributed by atoms with Crippen LogP contribution in [0, 0.1) is 29.1 Å². The van der Waals surface area contributed by atoms with Crippen molar-refractivity contribution in [3.05, 3.63) is 86.5 Å². The van der Waals surface area contributed by atoms with Gasteiger partial charge in [-0.1, -0.05) is 6.92 Å². The highest BCUT2D eigenvalue weighted by molar-refractivity contribution is 6.00. The van der Waals surface area contributed by atoms with E-state index in [9.17, 15) is 36.6 Å². The topological polar surface area (TPSA) is 81.4 Å². The smallest absolute Gasteiger partial charge is 0.309 e. The Morgan fingerprint density at radius 2 is 1.66 bits per heavy atom. The van der Waals surface area contributed by atoms with Gasteiger partial charge >= 0.3 is 5.97 Å². The average Bonchev–Trinajstić information content (AvgIpc) is 3.17. The minimum absolute atomic E-state index is 0.00512. The quantitative estimate of drug-likeness (QED) is 0.202. The Labute approximate surface area is 210 Å². The molecule has 0 saturated heterocycles. The molecule has 0 amide bonds. The Morgan fingerprint density at radius 1 is 0.974 bits per heavy atom. The van der Waals surface area contributed by atoms with Crippen molar-refractivity contribution in [1.82, 2.24) is 9.55 Å². The Kier molecular flexibility index (Phi) is 5.22. The molecule has 6 nitrogen and oxygen atoms in total. The van der Waals surface area contributed by atoms with E-state index in [2.05, 4.69) is 4.98 Å². The Hall–Kier alpha value is -4.12. The molecule has 194 valence electrons. The summed E-state index contributed by atoms with van der Waals surface area (Å²) >= 11 is 0. The second-order valence-electron chi connectivity index (χ2n) is 9.39. The van der Waals surface area contributed by atoms with Crippen LogP contribution in [0.3, 0.4) is 0 Å². The summed E-state index contributed by atoms with van der Waals surface area (Å²) in [6.45, 7) is 1.08. The van der Waals surface area contributed by atoms with E-state index in [0.29, 0.717) is 0 Å². The van der Waals surface area contributed by atoms with Gasteiger partial charge in [-0.2, -0.15) is 0 Å². The zero-order valence-electron chi connectivity index (χ0n) is 19.7. The minimum Gasteiger partial charge on any atom is -0.460 e. The van der Waals surface area contributed by atoms with Gasteiger partial charge in [0.15, 0.2) is 29.1 Å². The highest BCUT2D eigenvalue weighted by Crippen LogP contribution is 2.44. The van der Waals surface area contributed by atoms with Crippen molar-refractivity contribution in [1.29, 1.82) is 0 Å². The maximum atomic E-state index is 14.3. The third kappa shape index (κ3) is 3.38. The lowest BCUT2D eigenvalue weighted by molar-refractivity contribution is -0.149. The summed E-state index contributed by atoms with van der Waals surface area (Å²) in [5.74, 6) is -7.82. The van der Waals surface area contributed by atoms with Gasteiger partial charge in [0.1, 0.15) is 12.2 Å². The summed E-state index contributed by atoms with van der Waals surface area (Å²) in [7, 11) is 0. The lowest BCUT2D eigenvalue weighted by Crippen LogP contribution is -2.32. The Bertz CT molecular complexity index is 1760. The number of cyclic esters (lactones) is 1. The molecule has 0 fully saturated rings. The molecule has 1 N–H and O–H groups in total. The Morgan fingerprint density at radius 3 is 2.34 bits per heavy atom. The number of aliphatic hydroxyl groups is 1. The fourth-order valence-corrected chi connectivity index (χ4v) is 5.30. The molecule has 0 radical (unpaired) electrons. The van der Waals surface area contributed by atoms with Crippen LogP contribution in [0.2, 0.25) is 0 Å². The summed E-state index contributed by atoms with van der Waals surface area (Å²) in [6, 6.07) is 4.57. The average molecular weight is 528 g/mol. The van der Waals surface area contributed by atoms with Gasteiger partial charge < -0.3 is 14.4 Å². The largest absolute Gasteiger partial charge is 0.460 e. The van der Waals surface area contributed by atoms with Gasteiger partial charge in [-0.15, -0.1) is 0 Å². The standard InChI is InChI=1S/C27H17F5N2O4/c1-2-27(37)8-22(35)38-10-14-15(27)6-21-25-13(9-34(21)26(14)36)23(11-3-18(30)24(32)19(31)4-11)12-5-16(28)17(29)7-20(12)33-25/h3-7,37H,2,8-10H2,1H3/t27-/m1/s1. The van der Waals surface area contributed by atoms with Gasteiger partial charge in [-0.25, -0.2) is 26.9 Å². The lowest BCUT2D eigenvalue weighted by atomic mass is 9.85. The van der Waals surface area contributed by atoms with Crippen LogP contribution in [0.25, 0.3) is 33.4 Å². The summed E-state index contributed by atoms with van der Waals surface area (Å²) in [4.78, 5) is 30.1. The number of rotatable bonds is 2. The number of pyridine rings is 2. The molecule has 2 aliphatic rings. The fraction of sp³-hybridized carbons (Fsp3) is 0.222. The van der Waals surface area contributed by atoms with Gasteiger partial charge in [0, 0.05) is 17.0 Å². The number of fused-ring (bicyclic) bond motifs is 5. The first-order valence-electron chi connectivity index (χ1n) is 11.6. The molecule has 11 heteroatoms. The number of ether oxygens (including phenoxy) is 1.